The number of amides is 1. The summed E-state index contributed by atoms with van der Waals surface area (Å²) in [7, 11) is 1.35. The van der Waals surface area contributed by atoms with E-state index in [0.717, 1.165) is 25.0 Å². The van der Waals surface area contributed by atoms with Gasteiger partial charge in [-0.2, -0.15) is 0 Å². The number of ether oxygens (including phenoxy) is 1. The van der Waals surface area contributed by atoms with Crippen molar-refractivity contribution >= 4 is 23.0 Å². The van der Waals surface area contributed by atoms with Crippen LogP contribution in [0.2, 0.25) is 0 Å². The Balaban J connectivity index is 2.00. The number of hydrogen-bond donors (Lipinski definition) is 0. The molecule has 2 aromatic rings. The summed E-state index contributed by atoms with van der Waals surface area (Å²) >= 11 is 0. The predicted octanol–water partition coefficient (Wildman–Crippen LogP) is 3.48. The molecule has 1 amide bonds. The van der Waals surface area contributed by atoms with Crippen LogP contribution in [-0.2, 0) is 9.53 Å². The number of aromatic nitrogens is 1. The first-order chi connectivity index (χ1) is 12.0. The number of esters is 1. The van der Waals surface area contributed by atoms with Gasteiger partial charge in [-0.25, -0.2) is 4.79 Å². The van der Waals surface area contributed by atoms with Gasteiger partial charge in [-0.1, -0.05) is 20.8 Å². The number of methoxy groups -OCH3 is 1. The molecule has 1 saturated heterocycles. The Morgan fingerprint density at radius 1 is 1.32 bits per heavy atom. The summed E-state index contributed by atoms with van der Waals surface area (Å²) in [4.78, 5) is 27.4. The van der Waals surface area contributed by atoms with Gasteiger partial charge in [0.05, 0.1) is 18.9 Å². The normalized spacial score (nSPS) is 22.2. The fourth-order valence-electron chi connectivity index (χ4n) is 4.06. The smallest absolute Gasteiger partial charge is 0.354 e. The average Bonchev–Trinajstić information content (AvgIpc) is 3.16. The number of hydrogen-bond acceptors (Lipinski definition) is 4. The molecule has 3 atom stereocenters. The van der Waals surface area contributed by atoms with Crippen molar-refractivity contribution in [2.45, 2.75) is 39.7 Å². The highest BCUT2D eigenvalue weighted by atomic mass is 16.5. The fourth-order valence-corrected chi connectivity index (χ4v) is 4.06. The van der Waals surface area contributed by atoms with Crippen molar-refractivity contribution in [3.8, 4) is 0 Å². The maximum Gasteiger partial charge on any atom is 0.354 e. The SMILES string of the molecule is CCC(C(=O)N1CC(C)CC(C)C1)n1c(C(=O)OC)cc2occc21. The van der Waals surface area contributed by atoms with Gasteiger partial charge in [0.2, 0.25) is 5.91 Å². The molecule has 2 aromatic heterocycles. The topological polar surface area (TPSA) is 64.7 Å². The van der Waals surface area contributed by atoms with Crippen molar-refractivity contribution in [2.24, 2.45) is 11.8 Å². The first-order valence-corrected chi connectivity index (χ1v) is 8.91. The van der Waals surface area contributed by atoms with Gasteiger partial charge < -0.3 is 18.6 Å². The minimum atomic E-state index is -0.460. The summed E-state index contributed by atoms with van der Waals surface area (Å²) in [5.41, 5.74) is 1.70. The van der Waals surface area contributed by atoms with Gasteiger partial charge in [0.15, 0.2) is 5.58 Å². The van der Waals surface area contributed by atoms with E-state index in [1.807, 2.05) is 11.8 Å². The Labute approximate surface area is 147 Å². The first-order valence-electron chi connectivity index (χ1n) is 8.91. The lowest BCUT2D eigenvalue weighted by molar-refractivity contribution is -0.137. The molecule has 136 valence electrons. The van der Waals surface area contributed by atoms with E-state index >= 15 is 0 Å². The van der Waals surface area contributed by atoms with Crippen LogP contribution in [0.15, 0.2) is 22.8 Å². The Hall–Kier alpha value is -2.24. The van der Waals surface area contributed by atoms with Gasteiger partial charge in [0, 0.05) is 25.2 Å². The third-order valence-electron chi connectivity index (χ3n) is 5.02. The standard InChI is InChI=1S/C19H26N2O4/c1-5-14(18(22)20-10-12(2)8-13(3)11-20)21-15-6-7-25-17(15)9-16(21)19(23)24-4/h6-7,9,12-14H,5,8,10-11H2,1-4H3. The van der Waals surface area contributed by atoms with Crippen molar-refractivity contribution in [1.29, 1.82) is 0 Å². The second-order valence-corrected chi connectivity index (χ2v) is 7.17. The van der Waals surface area contributed by atoms with E-state index in [-0.39, 0.29) is 5.91 Å². The molecule has 1 aliphatic heterocycles. The van der Waals surface area contributed by atoms with E-state index < -0.39 is 12.0 Å². The van der Waals surface area contributed by atoms with E-state index in [0.29, 0.717) is 29.5 Å². The molecule has 0 N–H and O–H groups in total. The predicted molar refractivity (Wildman–Crippen MR) is 94.4 cm³/mol. The zero-order chi connectivity index (χ0) is 18.1. The van der Waals surface area contributed by atoms with Gasteiger partial charge in [0.1, 0.15) is 11.7 Å². The highest BCUT2D eigenvalue weighted by Gasteiger charge is 2.33. The molecular formula is C19H26N2O4. The quantitative estimate of drug-likeness (QED) is 0.795. The van der Waals surface area contributed by atoms with E-state index in [4.69, 9.17) is 9.15 Å². The average molecular weight is 346 g/mol. The van der Waals surface area contributed by atoms with Crippen LogP contribution in [0.5, 0.6) is 0 Å². The molecule has 6 heteroatoms. The summed E-state index contributed by atoms with van der Waals surface area (Å²) in [6, 6.07) is 3.00. The number of furan rings is 1. The third-order valence-corrected chi connectivity index (χ3v) is 5.02. The van der Waals surface area contributed by atoms with Crippen LogP contribution in [0.25, 0.3) is 11.1 Å². The van der Waals surface area contributed by atoms with Gasteiger partial charge in [-0.3, -0.25) is 4.79 Å². The highest BCUT2D eigenvalue weighted by Crippen LogP contribution is 2.30. The van der Waals surface area contributed by atoms with E-state index in [2.05, 4.69) is 13.8 Å². The monoisotopic (exact) mass is 346 g/mol. The Morgan fingerprint density at radius 2 is 2.00 bits per heavy atom. The van der Waals surface area contributed by atoms with Crippen molar-refractivity contribution in [3.63, 3.8) is 0 Å². The molecule has 0 radical (unpaired) electrons. The van der Waals surface area contributed by atoms with Crippen LogP contribution in [0.4, 0.5) is 0 Å². The Morgan fingerprint density at radius 3 is 2.60 bits per heavy atom. The second-order valence-electron chi connectivity index (χ2n) is 7.17. The van der Waals surface area contributed by atoms with E-state index in [1.54, 1.807) is 23.0 Å². The summed E-state index contributed by atoms with van der Waals surface area (Å²) in [5, 5.41) is 0. The maximum absolute atomic E-state index is 13.3. The van der Waals surface area contributed by atoms with Gasteiger partial charge >= 0.3 is 5.97 Å². The second kappa shape index (κ2) is 6.94. The van der Waals surface area contributed by atoms with Crippen LogP contribution in [0.3, 0.4) is 0 Å². The molecule has 1 aliphatic rings. The summed E-state index contributed by atoms with van der Waals surface area (Å²) in [6.45, 7) is 7.86. The van der Waals surface area contributed by atoms with Crippen molar-refractivity contribution in [3.05, 3.63) is 24.1 Å². The number of nitrogens with zero attached hydrogens (tertiary/aromatic N) is 2. The largest absolute Gasteiger partial charge is 0.464 e. The zero-order valence-electron chi connectivity index (χ0n) is 15.3. The minimum absolute atomic E-state index is 0.0600. The van der Waals surface area contributed by atoms with Crippen molar-refractivity contribution < 1.29 is 18.7 Å². The molecule has 0 spiro atoms. The van der Waals surface area contributed by atoms with Gasteiger partial charge in [-0.15, -0.1) is 0 Å². The Bertz CT molecular complexity index is 766. The molecule has 3 rings (SSSR count). The third kappa shape index (κ3) is 3.17. The molecule has 0 aromatic carbocycles. The number of carbonyl (C=O) groups is 2. The van der Waals surface area contributed by atoms with E-state index in [9.17, 15) is 9.59 Å². The zero-order valence-corrected chi connectivity index (χ0v) is 15.3. The molecule has 25 heavy (non-hydrogen) atoms. The van der Waals surface area contributed by atoms with E-state index in [1.165, 1.54) is 7.11 Å². The summed E-state index contributed by atoms with van der Waals surface area (Å²) in [5.74, 6) is 0.579. The van der Waals surface area contributed by atoms with Crippen LogP contribution >= 0.6 is 0 Å². The maximum atomic E-state index is 13.3. The number of piperidine rings is 1. The molecule has 0 aliphatic carbocycles. The number of fused-ring (bicyclic) bond motifs is 1. The molecule has 3 unspecified atom stereocenters. The van der Waals surface area contributed by atoms with Crippen LogP contribution < -0.4 is 0 Å². The molecule has 1 fully saturated rings. The number of rotatable bonds is 4. The number of carbonyl (C=O) groups excluding carboxylic acids is 2. The van der Waals surface area contributed by atoms with Crippen LogP contribution in [-0.4, -0.2) is 41.5 Å². The van der Waals surface area contributed by atoms with Gasteiger partial charge in [-0.05, 0) is 24.7 Å². The summed E-state index contributed by atoms with van der Waals surface area (Å²) in [6.07, 6.45) is 3.31. The minimum Gasteiger partial charge on any atom is -0.464 e. The Kier molecular flexibility index (Phi) is 4.88. The fraction of sp³-hybridized carbons (Fsp3) is 0.579. The molecule has 0 saturated carbocycles. The summed E-state index contributed by atoms with van der Waals surface area (Å²) < 4.78 is 12.1. The van der Waals surface area contributed by atoms with Gasteiger partial charge in [0.25, 0.3) is 0 Å². The lowest BCUT2D eigenvalue weighted by Gasteiger charge is -2.37. The molecular weight excluding hydrogens is 320 g/mol. The molecule has 3 heterocycles. The lowest BCUT2D eigenvalue weighted by atomic mass is 9.91. The lowest BCUT2D eigenvalue weighted by Crippen LogP contribution is -2.45. The van der Waals surface area contributed by atoms with Crippen molar-refractivity contribution in [2.75, 3.05) is 20.2 Å². The molecule has 0 bridgehead atoms. The molecule has 6 nitrogen and oxygen atoms in total. The van der Waals surface area contributed by atoms with Crippen molar-refractivity contribution in [1.82, 2.24) is 9.47 Å². The highest BCUT2D eigenvalue weighted by molar-refractivity contribution is 5.95. The van der Waals surface area contributed by atoms with Crippen LogP contribution in [0, 0.1) is 11.8 Å². The van der Waals surface area contributed by atoms with Crippen LogP contribution in [0.1, 0.15) is 50.1 Å². The first kappa shape index (κ1) is 17.6. The number of likely N-dealkylation sites (tertiary alicyclic amines) is 1.